The number of hydrogen-bond acceptors (Lipinski definition) is 3. The molecule has 0 bridgehead atoms. The van der Waals surface area contributed by atoms with Gasteiger partial charge in [0, 0.05) is 24.0 Å². The fraction of sp³-hybridized carbons (Fsp3) is 0.167. The minimum absolute atomic E-state index is 0.186. The first kappa shape index (κ1) is 17.2. The molecule has 0 aliphatic heterocycles. The van der Waals surface area contributed by atoms with Gasteiger partial charge in [-0.1, -0.05) is 13.0 Å². The van der Waals surface area contributed by atoms with Crippen LogP contribution in [0.2, 0.25) is 0 Å². The van der Waals surface area contributed by atoms with Gasteiger partial charge in [-0.15, -0.1) is 0 Å². The van der Waals surface area contributed by atoms with Crippen molar-refractivity contribution >= 4 is 38.9 Å². The van der Waals surface area contributed by atoms with Crippen LogP contribution in [0.3, 0.4) is 0 Å². The number of anilines is 1. The van der Waals surface area contributed by atoms with Crippen LogP contribution in [0.5, 0.6) is 0 Å². The number of nitrogens with one attached hydrogen (secondary N) is 2. The number of urea groups is 1. The van der Waals surface area contributed by atoms with E-state index in [2.05, 4.69) is 31.5 Å². The van der Waals surface area contributed by atoms with Crippen molar-refractivity contribution in [2.75, 3.05) is 11.9 Å². The Balaban J connectivity index is 1.80. The van der Waals surface area contributed by atoms with E-state index in [-0.39, 0.29) is 11.8 Å². The van der Waals surface area contributed by atoms with Crippen molar-refractivity contribution in [3.05, 3.63) is 64.7 Å². The molecule has 2 heterocycles. The largest absolute Gasteiger partial charge is 0.338 e. The highest BCUT2D eigenvalue weighted by Gasteiger charge is 2.17. The summed E-state index contributed by atoms with van der Waals surface area (Å²) in [6.07, 6.45) is 2.67. The number of hydrogen-bond donors (Lipinski definition) is 2. The zero-order valence-electron chi connectivity index (χ0n) is 13.6. The smallest absolute Gasteiger partial charge is 0.319 e. The number of imidazole rings is 1. The normalized spacial score (nSPS) is 10.6. The van der Waals surface area contributed by atoms with Gasteiger partial charge >= 0.3 is 6.03 Å². The van der Waals surface area contributed by atoms with E-state index in [1.54, 1.807) is 34.9 Å². The summed E-state index contributed by atoms with van der Waals surface area (Å²) in [5.74, 6) is 0.151. The summed E-state index contributed by atoms with van der Waals surface area (Å²) in [6, 6.07) is 12.1. The second-order valence-electron chi connectivity index (χ2n) is 5.47. The number of amides is 2. The standard InChI is InChI=1S/C18H17BrN4O2/c1-2-10-20-18(25)21-13-8-6-12(7-9-13)15(24)17-22-16(19)14-5-3-4-11-23(14)17/h3-9,11H,2,10H2,1H3,(H2,20,21,25). The maximum absolute atomic E-state index is 12.7. The third-order valence-electron chi connectivity index (χ3n) is 3.65. The molecule has 0 radical (unpaired) electrons. The Bertz CT molecular complexity index is 918. The fourth-order valence-corrected chi connectivity index (χ4v) is 2.90. The number of benzene rings is 1. The highest BCUT2D eigenvalue weighted by molar-refractivity contribution is 9.10. The van der Waals surface area contributed by atoms with Crippen molar-refractivity contribution in [1.82, 2.24) is 14.7 Å². The Labute approximate surface area is 153 Å². The monoisotopic (exact) mass is 400 g/mol. The summed E-state index contributed by atoms with van der Waals surface area (Å²) >= 11 is 3.38. The van der Waals surface area contributed by atoms with Crippen LogP contribution in [-0.4, -0.2) is 27.7 Å². The van der Waals surface area contributed by atoms with Gasteiger partial charge in [-0.05, 0) is 58.7 Å². The molecule has 3 rings (SSSR count). The van der Waals surface area contributed by atoms with Gasteiger partial charge in [-0.25, -0.2) is 9.78 Å². The van der Waals surface area contributed by atoms with Crippen LogP contribution < -0.4 is 10.6 Å². The molecule has 1 aromatic carbocycles. The first-order valence-corrected chi connectivity index (χ1v) is 8.71. The Morgan fingerprint density at radius 3 is 2.64 bits per heavy atom. The second-order valence-corrected chi connectivity index (χ2v) is 6.22. The van der Waals surface area contributed by atoms with Gasteiger partial charge in [0.05, 0.1) is 5.52 Å². The molecule has 3 aromatic rings. The quantitative estimate of drug-likeness (QED) is 0.638. The number of nitrogens with zero attached hydrogens (tertiary/aromatic N) is 2. The Morgan fingerprint density at radius 2 is 1.92 bits per heavy atom. The molecule has 0 unspecified atom stereocenters. The molecule has 2 aromatic heterocycles. The number of pyridine rings is 1. The molecule has 0 spiro atoms. The topological polar surface area (TPSA) is 75.5 Å². The Kier molecular flexibility index (Phi) is 5.14. The van der Waals surface area contributed by atoms with Crippen molar-refractivity contribution < 1.29 is 9.59 Å². The SMILES string of the molecule is CCCNC(=O)Nc1ccc(C(=O)c2nc(Br)c3ccccn23)cc1. The van der Waals surface area contributed by atoms with E-state index in [9.17, 15) is 9.59 Å². The third kappa shape index (κ3) is 3.71. The summed E-state index contributed by atoms with van der Waals surface area (Å²) in [7, 11) is 0. The molecule has 6 nitrogen and oxygen atoms in total. The number of carbonyl (C=O) groups excluding carboxylic acids is 2. The lowest BCUT2D eigenvalue weighted by atomic mass is 10.1. The lowest BCUT2D eigenvalue weighted by Crippen LogP contribution is -2.29. The van der Waals surface area contributed by atoms with Crippen molar-refractivity contribution in [2.45, 2.75) is 13.3 Å². The van der Waals surface area contributed by atoms with E-state index in [4.69, 9.17) is 0 Å². The summed E-state index contributed by atoms with van der Waals surface area (Å²) in [6.45, 7) is 2.60. The molecule has 0 aliphatic carbocycles. The number of aromatic nitrogens is 2. The summed E-state index contributed by atoms with van der Waals surface area (Å²) in [5, 5.41) is 5.46. The van der Waals surface area contributed by atoms with Crippen molar-refractivity contribution in [3.8, 4) is 0 Å². The summed E-state index contributed by atoms with van der Waals surface area (Å²) in [5.41, 5.74) is 1.96. The molecule has 0 aliphatic rings. The highest BCUT2D eigenvalue weighted by atomic mass is 79.9. The summed E-state index contributed by atoms with van der Waals surface area (Å²) < 4.78 is 2.37. The zero-order chi connectivity index (χ0) is 17.8. The number of carbonyl (C=O) groups is 2. The molecule has 0 saturated heterocycles. The van der Waals surface area contributed by atoms with E-state index < -0.39 is 0 Å². The minimum Gasteiger partial charge on any atom is -0.338 e. The van der Waals surface area contributed by atoms with Crippen LogP contribution >= 0.6 is 15.9 Å². The van der Waals surface area contributed by atoms with E-state index in [1.807, 2.05) is 25.1 Å². The van der Waals surface area contributed by atoms with Crippen molar-refractivity contribution in [2.24, 2.45) is 0 Å². The molecule has 2 N–H and O–H groups in total. The Hall–Kier alpha value is -2.67. The van der Waals surface area contributed by atoms with E-state index in [0.717, 1.165) is 11.9 Å². The van der Waals surface area contributed by atoms with Crippen LogP contribution in [-0.2, 0) is 0 Å². The van der Waals surface area contributed by atoms with Gasteiger partial charge in [0.15, 0.2) is 5.82 Å². The third-order valence-corrected chi connectivity index (χ3v) is 4.23. The predicted octanol–water partition coefficient (Wildman–Crippen LogP) is 3.86. The molecule has 2 amide bonds. The second kappa shape index (κ2) is 7.48. The van der Waals surface area contributed by atoms with Crippen LogP contribution in [0.15, 0.2) is 53.3 Å². The van der Waals surface area contributed by atoms with Gasteiger partial charge < -0.3 is 10.6 Å². The zero-order valence-corrected chi connectivity index (χ0v) is 15.2. The van der Waals surface area contributed by atoms with Gasteiger partial charge in [-0.2, -0.15) is 0 Å². The molecular weight excluding hydrogens is 384 g/mol. The molecule has 128 valence electrons. The predicted molar refractivity (Wildman–Crippen MR) is 100 cm³/mol. The van der Waals surface area contributed by atoms with Crippen LogP contribution in [0.25, 0.3) is 5.52 Å². The maximum atomic E-state index is 12.7. The van der Waals surface area contributed by atoms with E-state index >= 15 is 0 Å². The van der Waals surface area contributed by atoms with Crippen molar-refractivity contribution in [1.29, 1.82) is 0 Å². The first-order valence-electron chi connectivity index (χ1n) is 7.92. The average molecular weight is 401 g/mol. The maximum Gasteiger partial charge on any atom is 0.319 e. The summed E-state index contributed by atoms with van der Waals surface area (Å²) in [4.78, 5) is 28.7. The molecule has 0 fully saturated rings. The average Bonchev–Trinajstić information content (AvgIpc) is 2.97. The van der Waals surface area contributed by atoms with Crippen LogP contribution in [0.1, 0.15) is 29.5 Å². The Morgan fingerprint density at radius 1 is 1.16 bits per heavy atom. The number of halogens is 1. The van der Waals surface area contributed by atoms with E-state index in [1.165, 1.54) is 0 Å². The molecular formula is C18H17BrN4O2. The number of fused-ring (bicyclic) bond motifs is 1. The minimum atomic E-state index is -0.260. The van der Waals surface area contributed by atoms with Gasteiger partial charge in [0.2, 0.25) is 5.78 Å². The fourth-order valence-electron chi connectivity index (χ4n) is 2.41. The highest BCUT2D eigenvalue weighted by Crippen LogP contribution is 2.21. The van der Waals surface area contributed by atoms with Crippen LogP contribution in [0, 0.1) is 0 Å². The first-order chi connectivity index (χ1) is 12.1. The lowest BCUT2D eigenvalue weighted by molar-refractivity contribution is 0.102. The van der Waals surface area contributed by atoms with Gasteiger partial charge in [-0.3, -0.25) is 9.20 Å². The van der Waals surface area contributed by atoms with Crippen molar-refractivity contribution in [3.63, 3.8) is 0 Å². The number of ketones is 1. The molecule has 25 heavy (non-hydrogen) atoms. The van der Waals surface area contributed by atoms with Gasteiger partial charge in [0.25, 0.3) is 0 Å². The molecule has 7 heteroatoms. The number of rotatable bonds is 5. The van der Waals surface area contributed by atoms with Crippen LogP contribution in [0.4, 0.5) is 10.5 Å². The molecule has 0 saturated carbocycles. The molecule has 0 atom stereocenters. The van der Waals surface area contributed by atoms with E-state index in [0.29, 0.717) is 28.2 Å². The lowest BCUT2D eigenvalue weighted by Gasteiger charge is -2.07. The van der Waals surface area contributed by atoms with Gasteiger partial charge in [0.1, 0.15) is 4.60 Å².